The Kier molecular flexibility index (Phi) is 25.3. The van der Waals surface area contributed by atoms with E-state index in [1.54, 1.807) is 0 Å². The zero-order chi connectivity index (χ0) is 27.5. The van der Waals surface area contributed by atoms with E-state index in [2.05, 4.69) is 74.5 Å². The summed E-state index contributed by atoms with van der Waals surface area (Å²) in [6.45, 7) is 9.87. The van der Waals surface area contributed by atoms with Gasteiger partial charge in [-0.05, 0) is 13.8 Å². The van der Waals surface area contributed by atoms with Gasteiger partial charge in [0.15, 0.2) is 0 Å². The van der Waals surface area contributed by atoms with E-state index in [1.807, 2.05) is 62.4 Å². The van der Waals surface area contributed by atoms with Crippen molar-refractivity contribution in [3.63, 3.8) is 0 Å². The molecule has 2 nitrogen and oxygen atoms in total. The molecule has 39 heavy (non-hydrogen) atoms. The second-order valence-electron chi connectivity index (χ2n) is 8.84. The number of ether oxygens (including phenoxy) is 2. The van der Waals surface area contributed by atoms with Crippen LogP contribution in [0.3, 0.4) is 0 Å². The molecule has 0 saturated heterocycles. The molecule has 3 heteroatoms. The molecule has 4 rings (SSSR count). The second-order valence-corrected chi connectivity index (χ2v) is 8.84. The van der Waals surface area contributed by atoms with Crippen LogP contribution in [0.1, 0.15) is 77.3 Å². The van der Waals surface area contributed by atoms with Crippen molar-refractivity contribution in [1.29, 1.82) is 0 Å². The number of rotatable bonds is 12. The second kappa shape index (κ2) is 27.0. The minimum Gasteiger partial charge on any atom is -0.519 e. The molecule has 0 aromatic heterocycles. The fourth-order valence-electron chi connectivity index (χ4n) is 3.59. The standard InChI is InChI=1S/2C10H15.2C8H9O.Ti/c2*1-2-3-4-7-10-8-5-6-9-10;2*1-2-9-8-6-4-3-5-7-8;/h2*5-6,8-9H,2-4,7H2,1H3;2*4-7H,2H2,1H3;/q4*-1;+4. The van der Waals surface area contributed by atoms with Gasteiger partial charge < -0.3 is 9.47 Å². The summed E-state index contributed by atoms with van der Waals surface area (Å²) in [5.41, 5.74) is 2.99. The predicted octanol–water partition coefficient (Wildman–Crippen LogP) is 10.0. The molecule has 4 aromatic rings. The van der Waals surface area contributed by atoms with Crippen LogP contribution in [-0.4, -0.2) is 13.2 Å². The quantitative estimate of drug-likeness (QED) is 0.0975. The van der Waals surface area contributed by atoms with Gasteiger partial charge in [-0.3, -0.25) is 0 Å². The molecule has 0 aliphatic carbocycles. The molecule has 208 valence electrons. The average Bonchev–Trinajstić information content (AvgIpc) is 3.67. The Morgan fingerprint density at radius 2 is 0.872 bits per heavy atom. The maximum Gasteiger partial charge on any atom is 4.00 e. The number of aryl methyl sites for hydroxylation is 2. The van der Waals surface area contributed by atoms with Crippen LogP contribution in [0.15, 0.2) is 97.1 Å². The minimum atomic E-state index is 0. The zero-order valence-corrected chi connectivity index (χ0v) is 26.2. The van der Waals surface area contributed by atoms with Crippen molar-refractivity contribution in [2.45, 2.75) is 79.1 Å². The topological polar surface area (TPSA) is 18.5 Å². The van der Waals surface area contributed by atoms with E-state index in [1.165, 1.54) is 62.5 Å². The van der Waals surface area contributed by atoms with E-state index in [4.69, 9.17) is 9.47 Å². The van der Waals surface area contributed by atoms with Gasteiger partial charge in [0.1, 0.15) is 0 Å². The summed E-state index contributed by atoms with van der Waals surface area (Å²) in [5, 5.41) is 0. The molecule has 0 N–H and O–H groups in total. The summed E-state index contributed by atoms with van der Waals surface area (Å²) < 4.78 is 10.4. The first kappa shape index (κ1) is 36.5. The molecule has 0 unspecified atom stereocenters. The van der Waals surface area contributed by atoms with Gasteiger partial charge in [0, 0.05) is 11.5 Å². The monoisotopic (exact) mass is 560 g/mol. The third kappa shape index (κ3) is 21.0. The van der Waals surface area contributed by atoms with Crippen molar-refractivity contribution in [3.05, 3.63) is 120 Å². The third-order valence-corrected chi connectivity index (χ3v) is 5.60. The van der Waals surface area contributed by atoms with Crippen LogP contribution in [0.5, 0.6) is 11.5 Å². The first-order valence-corrected chi connectivity index (χ1v) is 14.3. The minimum absolute atomic E-state index is 0. The van der Waals surface area contributed by atoms with Gasteiger partial charge in [0.2, 0.25) is 0 Å². The first-order valence-electron chi connectivity index (χ1n) is 14.3. The Labute approximate surface area is 254 Å². The molecular weight excluding hydrogens is 512 g/mol. The van der Waals surface area contributed by atoms with E-state index < -0.39 is 0 Å². The van der Waals surface area contributed by atoms with E-state index in [0.717, 1.165) is 24.7 Å². The van der Waals surface area contributed by atoms with Gasteiger partial charge in [-0.2, -0.15) is 71.8 Å². The molecule has 4 aromatic carbocycles. The molecular formula is C36H48O2Ti. The van der Waals surface area contributed by atoms with Crippen LogP contribution >= 0.6 is 0 Å². The number of benzene rings is 2. The summed E-state index contributed by atoms with van der Waals surface area (Å²) >= 11 is 0. The average molecular weight is 561 g/mol. The van der Waals surface area contributed by atoms with Crippen molar-refractivity contribution in [3.8, 4) is 11.5 Å². The van der Waals surface area contributed by atoms with Gasteiger partial charge in [-0.1, -0.05) is 65.2 Å². The van der Waals surface area contributed by atoms with E-state index >= 15 is 0 Å². The van der Waals surface area contributed by atoms with Crippen LogP contribution in [0.2, 0.25) is 0 Å². The van der Waals surface area contributed by atoms with E-state index in [-0.39, 0.29) is 21.7 Å². The fourth-order valence-corrected chi connectivity index (χ4v) is 3.59. The van der Waals surface area contributed by atoms with Crippen molar-refractivity contribution in [2.24, 2.45) is 0 Å². The molecule has 0 atom stereocenters. The van der Waals surface area contributed by atoms with E-state index in [9.17, 15) is 0 Å². The summed E-state index contributed by atoms with van der Waals surface area (Å²) in [6, 6.07) is 38.0. The van der Waals surface area contributed by atoms with Crippen molar-refractivity contribution >= 4 is 0 Å². The van der Waals surface area contributed by atoms with Crippen LogP contribution in [0.4, 0.5) is 0 Å². The van der Waals surface area contributed by atoms with Crippen molar-refractivity contribution in [2.75, 3.05) is 13.2 Å². The third-order valence-electron chi connectivity index (χ3n) is 5.60. The predicted molar refractivity (Wildman–Crippen MR) is 163 cm³/mol. The van der Waals surface area contributed by atoms with Crippen LogP contribution in [-0.2, 0) is 34.6 Å². The molecule has 0 fully saturated rings. The fraction of sp³-hybridized carbons (Fsp3) is 0.389. The van der Waals surface area contributed by atoms with Gasteiger partial charge in [-0.15, -0.1) is 24.3 Å². The molecule has 0 aliphatic rings. The smallest absolute Gasteiger partial charge is 0.519 e. The number of unbranched alkanes of at least 4 members (excludes halogenated alkanes) is 4. The van der Waals surface area contributed by atoms with Gasteiger partial charge >= 0.3 is 21.7 Å². The SMILES string of the molecule is CCCCC[c-]1cccc1.CCCCC[c-]1cccc1.CCOc1cc[c-]cc1.CCOc1cc[c-]cc1.[Ti+4]. The Morgan fingerprint density at radius 1 is 0.538 bits per heavy atom. The zero-order valence-electron chi connectivity index (χ0n) is 24.6. The molecule has 0 heterocycles. The summed E-state index contributed by atoms with van der Waals surface area (Å²) in [5.74, 6) is 1.83. The molecule has 0 radical (unpaired) electrons. The normalized spacial score (nSPS) is 9.33. The number of hydrogen-bond donors (Lipinski definition) is 0. The molecule has 0 bridgehead atoms. The Hall–Kier alpha value is -2.55. The molecule has 0 aliphatic heterocycles. The molecule has 0 amide bonds. The maximum absolute atomic E-state index is 5.19. The van der Waals surface area contributed by atoms with Crippen LogP contribution < -0.4 is 9.47 Å². The van der Waals surface area contributed by atoms with Crippen molar-refractivity contribution < 1.29 is 31.2 Å². The van der Waals surface area contributed by atoms with Gasteiger partial charge in [-0.25, -0.2) is 24.3 Å². The Bertz CT molecular complexity index is 866. The largest absolute Gasteiger partial charge is 4.00 e. The van der Waals surface area contributed by atoms with Crippen LogP contribution in [0.25, 0.3) is 0 Å². The van der Waals surface area contributed by atoms with Gasteiger partial charge in [0.25, 0.3) is 0 Å². The van der Waals surface area contributed by atoms with Crippen molar-refractivity contribution in [1.82, 2.24) is 0 Å². The molecule has 0 spiro atoms. The summed E-state index contributed by atoms with van der Waals surface area (Å²) in [6.07, 6.45) is 10.6. The Morgan fingerprint density at radius 3 is 1.15 bits per heavy atom. The molecule has 0 saturated carbocycles. The Balaban J connectivity index is 0.000000490. The summed E-state index contributed by atoms with van der Waals surface area (Å²) in [7, 11) is 0. The van der Waals surface area contributed by atoms with E-state index in [0.29, 0.717) is 0 Å². The maximum atomic E-state index is 5.19. The van der Waals surface area contributed by atoms with Gasteiger partial charge in [0.05, 0.1) is 13.2 Å². The van der Waals surface area contributed by atoms with Crippen LogP contribution in [0, 0.1) is 12.1 Å². The number of hydrogen-bond acceptors (Lipinski definition) is 2. The summed E-state index contributed by atoms with van der Waals surface area (Å²) in [4.78, 5) is 0. The first-order chi connectivity index (χ1) is 18.7.